The van der Waals surface area contributed by atoms with Crippen LogP contribution in [-0.4, -0.2) is 16.3 Å². The Morgan fingerprint density at radius 3 is 3.00 bits per heavy atom. The van der Waals surface area contributed by atoms with Crippen LogP contribution in [0.1, 0.15) is 16.8 Å². The molecule has 0 spiro atoms. The number of aromatic nitrogens is 2. The zero-order chi connectivity index (χ0) is 11.4. The standard InChI is InChI=1S/C12H17N3O/c1-10-12(8-14-15(10)2)3-5-13-7-11-4-6-16-9-11/h4,6,8-9,13H,3,5,7H2,1-2H3. The van der Waals surface area contributed by atoms with Crippen molar-refractivity contribution in [2.75, 3.05) is 6.54 Å². The maximum absolute atomic E-state index is 5.00. The van der Waals surface area contributed by atoms with Gasteiger partial charge in [-0.05, 0) is 31.5 Å². The first-order valence-electron chi connectivity index (χ1n) is 5.46. The van der Waals surface area contributed by atoms with E-state index < -0.39 is 0 Å². The van der Waals surface area contributed by atoms with Crippen molar-refractivity contribution in [3.8, 4) is 0 Å². The smallest absolute Gasteiger partial charge is 0.0947 e. The second kappa shape index (κ2) is 4.99. The zero-order valence-corrected chi connectivity index (χ0v) is 9.73. The Bertz CT molecular complexity index is 431. The molecule has 16 heavy (non-hydrogen) atoms. The first kappa shape index (κ1) is 11.0. The molecule has 0 saturated heterocycles. The first-order valence-corrected chi connectivity index (χ1v) is 5.46. The summed E-state index contributed by atoms with van der Waals surface area (Å²) in [6, 6.07) is 1.97. The number of rotatable bonds is 5. The normalized spacial score (nSPS) is 10.9. The van der Waals surface area contributed by atoms with Crippen LogP contribution in [0.4, 0.5) is 0 Å². The summed E-state index contributed by atoms with van der Waals surface area (Å²) >= 11 is 0. The molecule has 0 radical (unpaired) electrons. The molecule has 4 nitrogen and oxygen atoms in total. The number of hydrogen-bond donors (Lipinski definition) is 1. The van der Waals surface area contributed by atoms with Gasteiger partial charge in [0.05, 0.1) is 18.7 Å². The molecule has 0 aliphatic rings. The summed E-state index contributed by atoms with van der Waals surface area (Å²) < 4.78 is 6.91. The molecule has 2 heterocycles. The molecule has 2 aromatic heterocycles. The van der Waals surface area contributed by atoms with Gasteiger partial charge in [0, 0.05) is 24.8 Å². The van der Waals surface area contributed by atoms with Gasteiger partial charge in [-0.15, -0.1) is 0 Å². The predicted octanol–water partition coefficient (Wildman–Crippen LogP) is 1.65. The summed E-state index contributed by atoms with van der Waals surface area (Å²) in [6.45, 7) is 3.91. The number of aryl methyl sites for hydroxylation is 1. The van der Waals surface area contributed by atoms with Crippen molar-refractivity contribution < 1.29 is 4.42 Å². The van der Waals surface area contributed by atoms with E-state index in [1.807, 2.05) is 24.0 Å². The van der Waals surface area contributed by atoms with Crippen molar-refractivity contribution in [1.82, 2.24) is 15.1 Å². The summed E-state index contributed by atoms with van der Waals surface area (Å²) in [6.07, 6.45) is 6.41. The molecule has 0 aliphatic heterocycles. The lowest BCUT2D eigenvalue weighted by molar-refractivity contribution is 0.560. The van der Waals surface area contributed by atoms with Crippen LogP contribution < -0.4 is 5.32 Å². The van der Waals surface area contributed by atoms with Gasteiger partial charge in [0.25, 0.3) is 0 Å². The van der Waals surface area contributed by atoms with Gasteiger partial charge < -0.3 is 9.73 Å². The van der Waals surface area contributed by atoms with Gasteiger partial charge in [-0.2, -0.15) is 5.10 Å². The topological polar surface area (TPSA) is 43.0 Å². The quantitative estimate of drug-likeness (QED) is 0.778. The minimum absolute atomic E-state index is 0.857. The maximum Gasteiger partial charge on any atom is 0.0947 e. The summed E-state index contributed by atoms with van der Waals surface area (Å²) in [4.78, 5) is 0. The number of nitrogens with zero attached hydrogens (tertiary/aromatic N) is 2. The lowest BCUT2D eigenvalue weighted by Gasteiger charge is -2.02. The van der Waals surface area contributed by atoms with Crippen LogP contribution in [-0.2, 0) is 20.0 Å². The van der Waals surface area contributed by atoms with Crippen molar-refractivity contribution in [3.63, 3.8) is 0 Å². The molecule has 86 valence electrons. The monoisotopic (exact) mass is 219 g/mol. The Hall–Kier alpha value is -1.55. The fraction of sp³-hybridized carbons (Fsp3) is 0.417. The van der Waals surface area contributed by atoms with Crippen molar-refractivity contribution in [2.24, 2.45) is 7.05 Å². The third kappa shape index (κ3) is 2.52. The molecule has 0 aliphatic carbocycles. The SMILES string of the molecule is Cc1c(CCNCc2ccoc2)cnn1C. The minimum atomic E-state index is 0.857. The highest BCUT2D eigenvalue weighted by Crippen LogP contribution is 2.05. The maximum atomic E-state index is 5.00. The Balaban J connectivity index is 1.74. The zero-order valence-electron chi connectivity index (χ0n) is 9.73. The summed E-state index contributed by atoms with van der Waals surface area (Å²) in [5.74, 6) is 0. The van der Waals surface area contributed by atoms with Crippen LogP contribution in [0.25, 0.3) is 0 Å². The molecule has 0 amide bonds. The van der Waals surface area contributed by atoms with Crippen molar-refractivity contribution in [1.29, 1.82) is 0 Å². The lowest BCUT2D eigenvalue weighted by atomic mass is 10.2. The Morgan fingerprint density at radius 2 is 2.38 bits per heavy atom. The second-order valence-corrected chi connectivity index (χ2v) is 3.94. The molecule has 0 saturated carbocycles. The van der Waals surface area contributed by atoms with E-state index in [1.165, 1.54) is 16.8 Å². The third-order valence-corrected chi connectivity index (χ3v) is 2.82. The van der Waals surface area contributed by atoms with Crippen molar-refractivity contribution in [2.45, 2.75) is 19.9 Å². The first-order chi connectivity index (χ1) is 7.77. The molecular weight excluding hydrogens is 202 g/mol. The molecule has 2 aromatic rings. The predicted molar refractivity (Wildman–Crippen MR) is 62.1 cm³/mol. The van der Waals surface area contributed by atoms with E-state index in [0.717, 1.165) is 19.5 Å². The summed E-state index contributed by atoms with van der Waals surface area (Å²) in [5, 5.41) is 7.59. The van der Waals surface area contributed by atoms with Gasteiger partial charge in [0.1, 0.15) is 0 Å². The van der Waals surface area contributed by atoms with Crippen LogP contribution in [0.15, 0.2) is 29.2 Å². The average molecular weight is 219 g/mol. The number of nitrogens with one attached hydrogen (secondary N) is 1. The Labute approximate surface area is 95.3 Å². The Morgan fingerprint density at radius 1 is 1.50 bits per heavy atom. The fourth-order valence-corrected chi connectivity index (χ4v) is 1.64. The van der Waals surface area contributed by atoms with Gasteiger partial charge in [-0.25, -0.2) is 0 Å². The Kier molecular flexibility index (Phi) is 3.41. The average Bonchev–Trinajstić information content (AvgIpc) is 2.88. The summed E-state index contributed by atoms with van der Waals surface area (Å²) in [7, 11) is 1.97. The molecule has 0 aromatic carbocycles. The van der Waals surface area contributed by atoms with Gasteiger partial charge in [0.15, 0.2) is 0 Å². The second-order valence-electron chi connectivity index (χ2n) is 3.94. The largest absolute Gasteiger partial charge is 0.472 e. The summed E-state index contributed by atoms with van der Waals surface area (Å²) in [5.41, 5.74) is 3.73. The van der Waals surface area contributed by atoms with E-state index in [-0.39, 0.29) is 0 Å². The number of furan rings is 1. The molecule has 0 fully saturated rings. The van der Waals surface area contributed by atoms with Crippen LogP contribution in [0.3, 0.4) is 0 Å². The van der Waals surface area contributed by atoms with E-state index in [9.17, 15) is 0 Å². The molecule has 0 bridgehead atoms. The van der Waals surface area contributed by atoms with Crippen LogP contribution in [0, 0.1) is 6.92 Å². The molecular formula is C12H17N3O. The minimum Gasteiger partial charge on any atom is -0.472 e. The van der Waals surface area contributed by atoms with E-state index >= 15 is 0 Å². The number of hydrogen-bond acceptors (Lipinski definition) is 3. The van der Waals surface area contributed by atoms with E-state index in [2.05, 4.69) is 17.3 Å². The van der Waals surface area contributed by atoms with E-state index in [1.54, 1.807) is 12.5 Å². The lowest BCUT2D eigenvalue weighted by Crippen LogP contribution is -2.16. The molecule has 0 unspecified atom stereocenters. The molecule has 0 atom stereocenters. The highest BCUT2D eigenvalue weighted by atomic mass is 16.3. The van der Waals surface area contributed by atoms with Crippen LogP contribution >= 0.6 is 0 Å². The molecule has 4 heteroatoms. The molecule has 1 N–H and O–H groups in total. The fourth-order valence-electron chi connectivity index (χ4n) is 1.64. The third-order valence-electron chi connectivity index (χ3n) is 2.82. The van der Waals surface area contributed by atoms with Gasteiger partial charge in [-0.1, -0.05) is 0 Å². The highest BCUT2D eigenvalue weighted by Gasteiger charge is 2.02. The van der Waals surface area contributed by atoms with Crippen molar-refractivity contribution in [3.05, 3.63) is 41.6 Å². The van der Waals surface area contributed by atoms with E-state index in [0.29, 0.717) is 0 Å². The van der Waals surface area contributed by atoms with Gasteiger partial charge in [0.2, 0.25) is 0 Å². The van der Waals surface area contributed by atoms with Gasteiger partial charge >= 0.3 is 0 Å². The van der Waals surface area contributed by atoms with Crippen LogP contribution in [0.5, 0.6) is 0 Å². The van der Waals surface area contributed by atoms with Gasteiger partial charge in [-0.3, -0.25) is 4.68 Å². The molecule has 2 rings (SSSR count). The van der Waals surface area contributed by atoms with E-state index in [4.69, 9.17) is 4.42 Å². The van der Waals surface area contributed by atoms with Crippen molar-refractivity contribution >= 4 is 0 Å². The van der Waals surface area contributed by atoms with Crippen LogP contribution in [0.2, 0.25) is 0 Å². The highest BCUT2D eigenvalue weighted by molar-refractivity contribution is 5.16.